The van der Waals surface area contributed by atoms with E-state index in [0.717, 1.165) is 30.4 Å². The Morgan fingerprint density at radius 3 is 2.90 bits per heavy atom. The highest BCUT2D eigenvalue weighted by molar-refractivity contribution is 5.78. The van der Waals surface area contributed by atoms with Gasteiger partial charge in [-0.05, 0) is 26.3 Å². The van der Waals surface area contributed by atoms with Crippen molar-refractivity contribution in [3.63, 3.8) is 0 Å². The molecule has 112 valence electrons. The predicted molar refractivity (Wildman–Crippen MR) is 83.3 cm³/mol. The van der Waals surface area contributed by atoms with Gasteiger partial charge in [0.05, 0.1) is 17.8 Å². The summed E-state index contributed by atoms with van der Waals surface area (Å²) in [4.78, 5) is 16.1. The van der Waals surface area contributed by atoms with Crippen LogP contribution in [0.25, 0.3) is 10.9 Å². The monoisotopic (exact) mass is 286 g/mol. The van der Waals surface area contributed by atoms with E-state index >= 15 is 0 Å². The quantitative estimate of drug-likeness (QED) is 0.852. The van der Waals surface area contributed by atoms with Crippen molar-refractivity contribution in [2.45, 2.75) is 32.4 Å². The number of nitrogens with zero attached hydrogens (tertiary/aromatic N) is 4. The first-order valence-electron chi connectivity index (χ1n) is 7.52. The number of para-hydroxylation sites is 1. The molecule has 21 heavy (non-hydrogen) atoms. The molecule has 0 radical (unpaired) electrons. The number of benzene rings is 1. The molecule has 1 aromatic heterocycles. The number of hydrogen-bond donors (Lipinski definition) is 0. The van der Waals surface area contributed by atoms with Crippen LogP contribution in [0.5, 0.6) is 0 Å². The summed E-state index contributed by atoms with van der Waals surface area (Å²) in [7, 11) is 1.86. The van der Waals surface area contributed by atoms with E-state index < -0.39 is 0 Å². The van der Waals surface area contributed by atoms with Crippen molar-refractivity contribution >= 4 is 16.9 Å². The third kappa shape index (κ3) is 2.48. The number of aromatic nitrogens is 2. The maximum Gasteiger partial charge on any atom is 0.320 e. The number of hydrogen-bond acceptors (Lipinski definition) is 2. The summed E-state index contributed by atoms with van der Waals surface area (Å²) in [5.41, 5.74) is 1.15. The number of rotatable bonds is 2. The Balaban J connectivity index is 1.77. The molecule has 5 nitrogen and oxygen atoms in total. The van der Waals surface area contributed by atoms with Gasteiger partial charge >= 0.3 is 6.03 Å². The zero-order chi connectivity index (χ0) is 15.0. The van der Waals surface area contributed by atoms with Crippen LogP contribution in [0.1, 0.15) is 26.3 Å². The number of carbonyl (C=O) groups excluding carboxylic acids is 1. The van der Waals surface area contributed by atoms with Crippen molar-refractivity contribution in [1.29, 1.82) is 0 Å². The SMILES string of the molecule is CC(C)N(C)C(=O)N1CC[C@H](n2ncc3ccccc32)C1. The van der Waals surface area contributed by atoms with E-state index in [1.807, 2.05) is 44.1 Å². The van der Waals surface area contributed by atoms with Gasteiger partial charge in [-0.15, -0.1) is 0 Å². The Kier molecular flexibility index (Phi) is 3.57. The average Bonchev–Trinajstić information content (AvgIpc) is 3.11. The number of likely N-dealkylation sites (tertiary alicyclic amines) is 1. The maximum absolute atomic E-state index is 12.4. The fourth-order valence-electron chi connectivity index (χ4n) is 2.84. The molecule has 2 amide bonds. The van der Waals surface area contributed by atoms with Gasteiger partial charge in [-0.1, -0.05) is 18.2 Å². The van der Waals surface area contributed by atoms with Crippen molar-refractivity contribution in [2.75, 3.05) is 20.1 Å². The van der Waals surface area contributed by atoms with Crippen molar-refractivity contribution in [1.82, 2.24) is 19.6 Å². The highest BCUT2D eigenvalue weighted by Crippen LogP contribution is 2.26. The highest BCUT2D eigenvalue weighted by Gasteiger charge is 2.30. The molecule has 0 N–H and O–H groups in total. The molecule has 3 rings (SSSR count). The molecule has 0 unspecified atom stereocenters. The smallest absolute Gasteiger partial charge is 0.320 e. The van der Waals surface area contributed by atoms with Crippen LogP contribution < -0.4 is 0 Å². The Morgan fingerprint density at radius 2 is 2.14 bits per heavy atom. The molecule has 0 saturated carbocycles. The van der Waals surface area contributed by atoms with Crippen LogP contribution in [0.15, 0.2) is 30.5 Å². The maximum atomic E-state index is 12.4. The zero-order valence-electron chi connectivity index (χ0n) is 12.9. The number of fused-ring (bicyclic) bond motifs is 1. The fraction of sp³-hybridized carbons (Fsp3) is 0.500. The van der Waals surface area contributed by atoms with Gasteiger partial charge < -0.3 is 9.80 Å². The third-order valence-electron chi connectivity index (χ3n) is 4.36. The lowest BCUT2D eigenvalue weighted by Gasteiger charge is -2.27. The summed E-state index contributed by atoms with van der Waals surface area (Å²) >= 11 is 0. The van der Waals surface area contributed by atoms with Gasteiger partial charge in [0.2, 0.25) is 0 Å². The van der Waals surface area contributed by atoms with Crippen LogP contribution in [0, 0.1) is 0 Å². The standard InChI is InChI=1S/C16H22N4O/c1-12(2)18(3)16(21)19-9-8-14(11-19)20-15-7-5-4-6-13(15)10-17-20/h4-7,10,12,14H,8-9,11H2,1-3H3/t14-/m0/s1. The average molecular weight is 286 g/mol. The van der Waals surface area contributed by atoms with Gasteiger partial charge in [0.25, 0.3) is 0 Å². The first kappa shape index (κ1) is 13.9. The number of carbonyl (C=O) groups is 1. The van der Waals surface area contributed by atoms with Gasteiger partial charge in [0, 0.05) is 31.6 Å². The molecule has 1 saturated heterocycles. The minimum absolute atomic E-state index is 0.115. The second-order valence-electron chi connectivity index (χ2n) is 6.02. The van der Waals surface area contributed by atoms with E-state index in [4.69, 9.17) is 0 Å². The Labute approximate surface area is 125 Å². The molecule has 1 atom stereocenters. The summed E-state index contributed by atoms with van der Waals surface area (Å²) in [5, 5.41) is 5.67. The lowest BCUT2D eigenvalue weighted by Crippen LogP contribution is -2.43. The molecule has 1 aliphatic heterocycles. The summed E-state index contributed by atoms with van der Waals surface area (Å²) < 4.78 is 2.07. The molecule has 0 aliphatic carbocycles. The van der Waals surface area contributed by atoms with Gasteiger partial charge in [-0.3, -0.25) is 4.68 Å². The second-order valence-corrected chi connectivity index (χ2v) is 6.02. The van der Waals surface area contributed by atoms with Crippen molar-refractivity contribution in [2.24, 2.45) is 0 Å². The molecule has 0 bridgehead atoms. The van der Waals surface area contributed by atoms with Crippen LogP contribution in [0.2, 0.25) is 0 Å². The largest absolute Gasteiger partial charge is 0.325 e. The fourth-order valence-corrected chi connectivity index (χ4v) is 2.84. The van der Waals surface area contributed by atoms with E-state index in [1.54, 1.807) is 4.90 Å². The van der Waals surface area contributed by atoms with E-state index in [1.165, 1.54) is 0 Å². The Morgan fingerprint density at radius 1 is 1.38 bits per heavy atom. The molecule has 0 spiro atoms. The molecular formula is C16H22N4O. The molecule has 2 aromatic rings. The Bertz CT molecular complexity index is 649. The van der Waals surface area contributed by atoms with Crippen LogP contribution in [-0.4, -0.2) is 51.8 Å². The Hall–Kier alpha value is -2.04. The third-order valence-corrected chi connectivity index (χ3v) is 4.36. The normalized spacial score (nSPS) is 18.7. The topological polar surface area (TPSA) is 41.4 Å². The van der Waals surface area contributed by atoms with E-state index in [9.17, 15) is 4.79 Å². The van der Waals surface area contributed by atoms with Gasteiger partial charge in [-0.25, -0.2) is 4.79 Å². The lowest BCUT2D eigenvalue weighted by molar-refractivity contribution is 0.160. The van der Waals surface area contributed by atoms with Crippen LogP contribution in [0.3, 0.4) is 0 Å². The highest BCUT2D eigenvalue weighted by atomic mass is 16.2. The van der Waals surface area contributed by atoms with Crippen molar-refractivity contribution in [3.8, 4) is 0 Å². The molecule has 1 fully saturated rings. The zero-order valence-corrected chi connectivity index (χ0v) is 12.9. The van der Waals surface area contributed by atoms with E-state index in [-0.39, 0.29) is 18.1 Å². The molecule has 2 heterocycles. The van der Waals surface area contributed by atoms with Crippen LogP contribution >= 0.6 is 0 Å². The molecular weight excluding hydrogens is 264 g/mol. The predicted octanol–water partition coefficient (Wildman–Crippen LogP) is 2.74. The van der Waals surface area contributed by atoms with E-state index in [2.05, 4.69) is 21.9 Å². The minimum atomic E-state index is 0.115. The molecule has 1 aromatic carbocycles. The lowest BCUT2D eigenvalue weighted by atomic mass is 10.2. The van der Waals surface area contributed by atoms with Gasteiger partial charge in [-0.2, -0.15) is 5.10 Å². The summed E-state index contributed by atoms with van der Waals surface area (Å²) in [6.45, 7) is 5.61. The van der Waals surface area contributed by atoms with Crippen molar-refractivity contribution < 1.29 is 4.79 Å². The van der Waals surface area contributed by atoms with Crippen molar-refractivity contribution in [3.05, 3.63) is 30.5 Å². The number of urea groups is 1. The summed E-state index contributed by atoms with van der Waals surface area (Å²) in [5.74, 6) is 0. The van der Waals surface area contributed by atoms with Gasteiger partial charge in [0.15, 0.2) is 0 Å². The first-order chi connectivity index (χ1) is 10.1. The van der Waals surface area contributed by atoms with E-state index in [0.29, 0.717) is 0 Å². The van der Waals surface area contributed by atoms with Crippen LogP contribution in [-0.2, 0) is 0 Å². The first-order valence-corrected chi connectivity index (χ1v) is 7.52. The number of amides is 2. The molecule has 1 aliphatic rings. The van der Waals surface area contributed by atoms with Crippen LogP contribution in [0.4, 0.5) is 4.79 Å². The second kappa shape index (κ2) is 5.39. The molecule has 5 heteroatoms. The minimum Gasteiger partial charge on any atom is -0.325 e. The summed E-state index contributed by atoms with van der Waals surface area (Å²) in [6, 6.07) is 8.83. The summed E-state index contributed by atoms with van der Waals surface area (Å²) in [6.07, 6.45) is 2.86. The van der Waals surface area contributed by atoms with Gasteiger partial charge in [0.1, 0.15) is 0 Å².